The molecule has 0 amide bonds. The summed E-state index contributed by atoms with van der Waals surface area (Å²) < 4.78 is 5.54. The predicted molar refractivity (Wildman–Crippen MR) is 56.0 cm³/mol. The van der Waals surface area contributed by atoms with Gasteiger partial charge in [0, 0.05) is 19.7 Å². The summed E-state index contributed by atoms with van der Waals surface area (Å²) in [7, 11) is 1.84. The Balaban J connectivity index is 2.16. The lowest BCUT2D eigenvalue weighted by Gasteiger charge is -2.41. The molecular weight excluding hydrogens is 162 g/mol. The molecule has 1 rings (SSSR count). The molecule has 0 bridgehead atoms. The molecule has 1 saturated carbocycles. The third-order valence-corrected chi connectivity index (χ3v) is 3.19. The van der Waals surface area contributed by atoms with Crippen LogP contribution in [-0.2, 0) is 4.74 Å². The topological polar surface area (TPSA) is 21.3 Å². The van der Waals surface area contributed by atoms with Crippen LogP contribution in [0.15, 0.2) is 0 Å². The van der Waals surface area contributed by atoms with Crippen LogP contribution in [0.2, 0.25) is 0 Å². The fourth-order valence-electron chi connectivity index (χ4n) is 1.92. The van der Waals surface area contributed by atoms with Gasteiger partial charge in [0.15, 0.2) is 0 Å². The molecular formula is C11H23NO. The average Bonchev–Trinajstić information content (AvgIpc) is 2.04. The molecule has 0 saturated heterocycles. The van der Waals surface area contributed by atoms with Crippen LogP contribution in [0.1, 0.15) is 46.0 Å². The largest absolute Gasteiger partial charge is 0.377 e. The summed E-state index contributed by atoms with van der Waals surface area (Å²) in [5, 5.41) is 3.55. The van der Waals surface area contributed by atoms with E-state index in [9.17, 15) is 0 Å². The summed E-state index contributed by atoms with van der Waals surface area (Å²) >= 11 is 0. The maximum Gasteiger partial charge on any atom is 0.0802 e. The van der Waals surface area contributed by atoms with Gasteiger partial charge in [0.05, 0.1) is 5.60 Å². The molecule has 0 heterocycles. The van der Waals surface area contributed by atoms with Crippen LogP contribution in [0.4, 0.5) is 0 Å². The molecule has 2 heteroatoms. The van der Waals surface area contributed by atoms with Gasteiger partial charge in [-0.05, 0) is 32.6 Å². The molecule has 1 aliphatic carbocycles. The van der Waals surface area contributed by atoms with Crippen molar-refractivity contribution in [1.82, 2.24) is 5.32 Å². The minimum absolute atomic E-state index is 0.183. The average molecular weight is 185 g/mol. The van der Waals surface area contributed by atoms with Gasteiger partial charge in [0.25, 0.3) is 0 Å². The first kappa shape index (κ1) is 11.0. The lowest BCUT2D eigenvalue weighted by atomic mass is 9.80. The lowest BCUT2D eigenvalue weighted by molar-refractivity contribution is -0.0707. The fraction of sp³-hybridized carbons (Fsp3) is 1.00. The highest BCUT2D eigenvalue weighted by atomic mass is 16.5. The van der Waals surface area contributed by atoms with E-state index in [1.807, 2.05) is 7.11 Å². The van der Waals surface area contributed by atoms with Crippen LogP contribution in [0.5, 0.6) is 0 Å². The van der Waals surface area contributed by atoms with E-state index in [4.69, 9.17) is 4.74 Å². The second-order valence-corrected chi connectivity index (χ2v) is 4.31. The Morgan fingerprint density at radius 1 is 1.46 bits per heavy atom. The molecule has 78 valence electrons. The Bertz CT molecular complexity index is 138. The normalized spacial score (nSPS) is 22.4. The standard InChI is InChI=1S/C11H23NO/c1-4-6-10(2)12-9-11(13-3)7-5-8-11/h10,12H,4-9H2,1-3H3. The molecule has 2 nitrogen and oxygen atoms in total. The van der Waals surface area contributed by atoms with E-state index in [2.05, 4.69) is 19.2 Å². The number of hydrogen-bond donors (Lipinski definition) is 1. The number of methoxy groups -OCH3 is 1. The quantitative estimate of drug-likeness (QED) is 0.686. The van der Waals surface area contributed by atoms with E-state index in [0.717, 1.165) is 6.54 Å². The predicted octanol–water partition coefficient (Wildman–Crippen LogP) is 2.33. The second kappa shape index (κ2) is 4.97. The summed E-state index contributed by atoms with van der Waals surface area (Å²) in [4.78, 5) is 0. The Kier molecular flexibility index (Phi) is 4.20. The van der Waals surface area contributed by atoms with Gasteiger partial charge in [-0.15, -0.1) is 0 Å². The van der Waals surface area contributed by atoms with Crippen molar-refractivity contribution in [1.29, 1.82) is 0 Å². The minimum Gasteiger partial charge on any atom is -0.377 e. The van der Waals surface area contributed by atoms with Gasteiger partial charge in [-0.3, -0.25) is 0 Å². The Morgan fingerprint density at radius 3 is 2.54 bits per heavy atom. The van der Waals surface area contributed by atoms with Crippen molar-refractivity contribution in [3.05, 3.63) is 0 Å². The number of nitrogens with one attached hydrogen (secondary N) is 1. The zero-order valence-electron chi connectivity index (χ0n) is 9.23. The minimum atomic E-state index is 0.183. The fourth-order valence-corrected chi connectivity index (χ4v) is 1.92. The van der Waals surface area contributed by atoms with Gasteiger partial charge in [-0.25, -0.2) is 0 Å². The molecule has 0 aromatic carbocycles. The summed E-state index contributed by atoms with van der Waals surface area (Å²) in [6, 6.07) is 0.637. The third kappa shape index (κ3) is 2.96. The molecule has 0 aliphatic heterocycles. The summed E-state index contributed by atoms with van der Waals surface area (Å²) in [5.41, 5.74) is 0.183. The maximum atomic E-state index is 5.54. The van der Waals surface area contributed by atoms with Crippen molar-refractivity contribution >= 4 is 0 Å². The second-order valence-electron chi connectivity index (χ2n) is 4.31. The Labute approximate surface area is 82.0 Å². The van der Waals surface area contributed by atoms with Crippen LogP contribution in [0.25, 0.3) is 0 Å². The zero-order valence-corrected chi connectivity index (χ0v) is 9.23. The molecule has 0 spiro atoms. The van der Waals surface area contributed by atoms with Gasteiger partial charge in [-0.2, -0.15) is 0 Å². The summed E-state index contributed by atoms with van der Waals surface area (Å²) in [6.45, 7) is 5.52. The van der Waals surface area contributed by atoms with Crippen molar-refractivity contribution < 1.29 is 4.74 Å². The molecule has 0 radical (unpaired) electrons. The molecule has 0 aromatic heterocycles. The van der Waals surface area contributed by atoms with E-state index in [-0.39, 0.29) is 5.60 Å². The van der Waals surface area contributed by atoms with Crippen molar-refractivity contribution in [2.45, 2.75) is 57.6 Å². The molecule has 1 aliphatic rings. The van der Waals surface area contributed by atoms with Crippen LogP contribution in [0.3, 0.4) is 0 Å². The summed E-state index contributed by atoms with van der Waals surface area (Å²) in [6.07, 6.45) is 6.32. The van der Waals surface area contributed by atoms with E-state index in [1.54, 1.807) is 0 Å². The first-order chi connectivity index (χ1) is 6.22. The highest BCUT2D eigenvalue weighted by molar-refractivity contribution is 4.91. The van der Waals surface area contributed by atoms with Gasteiger partial charge in [0.1, 0.15) is 0 Å². The van der Waals surface area contributed by atoms with Crippen LogP contribution in [-0.4, -0.2) is 25.3 Å². The Morgan fingerprint density at radius 2 is 2.15 bits per heavy atom. The van der Waals surface area contributed by atoms with Gasteiger partial charge >= 0.3 is 0 Å². The zero-order chi connectivity index (χ0) is 9.73. The molecule has 1 fully saturated rings. The van der Waals surface area contributed by atoms with Crippen molar-refractivity contribution in [3.63, 3.8) is 0 Å². The highest BCUT2D eigenvalue weighted by Crippen LogP contribution is 2.34. The summed E-state index contributed by atoms with van der Waals surface area (Å²) in [5.74, 6) is 0. The van der Waals surface area contributed by atoms with Gasteiger partial charge < -0.3 is 10.1 Å². The highest BCUT2D eigenvalue weighted by Gasteiger charge is 2.36. The van der Waals surface area contributed by atoms with Gasteiger partial charge in [-0.1, -0.05) is 13.3 Å². The van der Waals surface area contributed by atoms with Crippen molar-refractivity contribution in [2.75, 3.05) is 13.7 Å². The first-order valence-corrected chi connectivity index (χ1v) is 5.51. The number of hydrogen-bond acceptors (Lipinski definition) is 2. The molecule has 1 unspecified atom stereocenters. The van der Waals surface area contributed by atoms with Crippen molar-refractivity contribution in [3.8, 4) is 0 Å². The number of ether oxygens (including phenoxy) is 1. The van der Waals surface area contributed by atoms with Crippen LogP contribution >= 0.6 is 0 Å². The van der Waals surface area contributed by atoms with E-state index in [1.165, 1.54) is 32.1 Å². The number of rotatable bonds is 6. The van der Waals surface area contributed by atoms with Crippen LogP contribution < -0.4 is 5.32 Å². The first-order valence-electron chi connectivity index (χ1n) is 5.51. The monoisotopic (exact) mass is 185 g/mol. The van der Waals surface area contributed by atoms with E-state index >= 15 is 0 Å². The van der Waals surface area contributed by atoms with Gasteiger partial charge in [0.2, 0.25) is 0 Å². The van der Waals surface area contributed by atoms with E-state index in [0.29, 0.717) is 6.04 Å². The van der Waals surface area contributed by atoms with E-state index < -0.39 is 0 Å². The smallest absolute Gasteiger partial charge is 0.0802 e. The Hall–Kier alpha value is -0.0800. The molecule has 1 N–H and O–H groups in total. The third-order valence-electron chi connectivity index (χ3n) is 3.19. The van der Waals surface area contributed by atoms with Crippen LogP contribution in [0, 0.1) is 0 Å². The van der Waals surface area contributed by atoms with Crippen molar-refractivity contribution in [2.24, 2.45) is 0 Å². The molecule has 13 heavy (non-hydrogen) atoms. The molecule has 0 aromatic rings. The molecule has 1 atom stereocenters. The maximum absolute atomic E-state index is 5.54. The lowest BCUT2D eigenvalue weighted by Crippen LogP contribution is -2.49. The SMILES string of the molecule is CCCC(C)NCC1(OC)CCC1.